The fourth-order valence-electron chi connectivity index (χ4n) is 2.57. The van der Waals surface area contributed by atoms with Gasteiger partial charge in [-0.2, -0.15) is 0 Å². The molecule has 0 aromatic heterocycles. The smallest absolute Gasteiger partial charge is 0.235 e. The summed E-state index contributed by atoms with van der Waals surface area (Å²) in [6, 6.07) is 5.56. The molecule has 1 amide bonds. The van der Waals surface area contributed by atoms with E-state index in [0.29, 0.717) is 5.69 Å². The summed E-state index contributed by atoms with van der Waals surface area (Å²) in [6.07, 6.45) is 4.71. The van der Waals surface area contributed by atoms with Crippen LogP contribution in [0, 0.1) is 0 Å². The molecule has 1 aromatic rings. The van der Waals surface area contributed by atoms with Crippen molar-refractivity contribution < 1.29 is 9.53 Å². The van der Waals surface area contributed by atoms with E-state index < -0.39 is 0 Å². The summed E-state index contributed by atoms with van der Waals surface area (Å²) in [5.74, 6) is 0.955. The number of nitrogens with zero attached hydrogens (tertiary/aromatic N) is 1. The predicted octanol–water partition coefficient (Wildman–Crippen LogP) is 3.16. The van der Waals surface area contributed by atoms with Gasteiger partial charge in [-0.25, -0.2) is 0 Å². The van der Waals surface area contributed by atoms with Crippen LogP contribution in [0.2, 0.25) is 0 Å². The Hall–Kier alpha value is -1.36. The van der Waals surface area contributed by atoms with Crippen molar-refractivity contribution in [2.75, 3.05) is 25.9 Å². The van der Waals surface area contributed by atoms with Crippen LogP contribution in [0.5, 0.6) is 5.75 Å². The Balaban J connectivity index is 2.03. The average Bonchev–Trinajstić information content (AvgIpc) is 2.77. The largest absolute Gasteiger partial charge is 0.496 e. The zero-order valence-corrected chi connectivity index (χ0v) is 13.6. The molecule has 0 spiro atoms. The van der Waals surface area contributed by atoms with E-state index in [4.69, 9.17) is 10.5 Å². The molecule has 0 aliphatic carbocycles. The maximum atomic E-state index is 12.6. The molecule has 0 bridgehead atoms. The Morgan fingerprint density at radius 2 is 1.95 bits per heavy atom. The minimum atomic E-state index is -0.111. The number of likely N-dealkylation sites (tertiary alicyclic amines) is 1. The highest BCUT2D eigenvalue weighted by Crippen LogP contribution is 2.34. The number of hydrogen-bond acceptors (Lipinski definition) is 4. The summed E-state index contributed by atoms with van der Waals surface area (Å²) >= 11 is 1.54. The number of anilines is 1. The van der Waals surface area contributed by atoms with Gasteiger partial charge in [0.1, 0.15) is 5.75 Å². The monoisotopic (exact) mass is 308 g/mol. The molecule has 1 aliphatic heterocycles. The second-order valence-corrected chi connectivity index (χ2v) is 6.79. The van der Waals surface area contributed by atoms with Gasteiger partial charge in [-0.15, -0.1) is 11.8 Å². The van der Waals surface area contributed by atoms with Crippen LogP contribution in [0.15, 0.2) is 23.1 Å². The molecule has 4 nitrogen and oxygen atoms in total. The average molecular weight is 308 g/mol. The Kier molecular flexibility index (Phi) is 5.79. The van der Waals surface area contributed by atoms with E-state index in [1.807, 2.05) is 24.0 Å². The zero-order chi connectivity index (χ0) is 15.2. The van der Waals surface area contributed by atoms with Crippen molar-refractivity contribution in [2.24, 2.45) is 0 Å². The molecule has 0 saturated carbocycles. The molecule has 2 rings (SSSR count). The molecule has 0 radical (unpaired) electrons. The summed E-state index contributed by atoms with van der Waals surface area (Å²) in [7, 11) is 1.63. The zero-order valence-electron chi connectivity index (χ0n) is 12.8. The van der Waals surface area contributed by atoms with Crippen LogP contribution >= 0.6 is 11.8 Å². The van der Waals surface area contributed by atoms with Crippen molar-refractivity contribution in [1.29, 1.82) is 0 Å². The molecular weight excluding hydrogens is 284 g/mol. The summed E-state index contributed by atoms with van der Waals surface area (Å²) in [5.41, 5.74) is 6.43. The van der Waals surface area contributed by atoms with Gasteiger partial charge in [-0.3, -0.25) is 4.79 Å². The van der Waals surface area contributed by atoms with Crippen molar-refractivity contribution >= 4 is 23.4 Å². The summed E-state index contributed by atoms with van der Waals surface area (Å²) in [6.45, 7) is 3.75. The van der Waals surface area contributed by atoms with E-state index in [9.17, 15) is 4.79 Å². The molecule has 1 saturated heterocycles. The normalized spacial score (nSPS) is 17.1. The molecule has 5 heteroatoms. The van der Waals surface area contributed by atoms with Gasteiger partial charge in [0.15, 0.2) is 0 Å². The van der Waals surface area contributed by atoms with Gasteiger partial charge in [-0.1, -0.05) is 12.8 Å². The highest BCUT2D eigenvalue weighted by molar-refractivity contribution is 8.00. The minimum absolute atomic E-state index is 0.111. The predicted molar refractivity (Wildman–Crippen MR) is 87.8 cm³/mol. The molecule has 1 aliphatic rings. The molecule has 1 fully saturated rings. The Morgan fingerprint density at radius 3 is 2.57 bits per heavy atom. The van der Waals surface area contributed by atoms with E-state index in [1.165, 1.54) is 12.8 Å². The number of hydrogen-bond donors (Lipinski definition) is 1. The summed E-state index contributed by atoms with van der Waals surface area (Å²) in [5, 5.41) is -0.111. The number of nitrogens with two attached hydrogens (primary N) is 1. The van der Waals surface area contributed by atoms with Crippen molar-refractivity contribution in [3.8, 4) is 5.75 Å². The molecular formula is C16H24N2O2S. The van der Waals surface area contributed by atoms with Gasteiger partial charge in [0.2, 0.25) is 5.91 Å². The Labute approximate surface area is 131 Å². The van der Waals surface area contributed by atoms with E-state index in [1.54, 1.807) is 24.9 Å². The first-order valence-electron chi connectivity index (χ1n) is 7.51. The lowest BCUT2D eigenvalue weighted by molar-refractivity contribution is -0.130. The first-order chi connectivity index (χ1) is 10.1. The Bertz CT molecular complexity index is 485. The molecule has 116 valence electrons. The Morgan fingerprint density at radius 1 is 1.29 bits per heavy atom. The molecule has 1 heterocycles. The number of carbonyl (C=O) groups is 1. The van der Waals surface area contributed by atoms with Crippen molar-refractivity contribution in [1.82, 2.24) is 4.90 Å². The number of thioether (sulfide) groups is 1. The standard InChI is InChI=1S/C16H24N2O2S/c1-12(16(19)18-9-5-3-4-6-10-18)21-15-8-7-13(17)11-14(15)20-2/h7-8,11-12H,3-6,9-10,17H2,1-2H3. The topological polar surface area (TPSA) is 55.6 Å². The van der Waals surface area contributed by atoms with Crippen molar-refractivity contribution in [3.63, 3.8) is 0 Å². The summed E-state index contributed by atoms with van der Waals surface area (Å²) in [4.78, 5) is 15.5. The first-order valence-corrected chi connectivity index (χ1v) is 8.38. The SMILES string of the molecule is COc1cc(N)ccc1SC(C)C(=O)N1CCCCCC1. The number of ether oxygens (including phenoxy) is 1. The van der Waals surface area contributed by atoms with Gasteiger partial charge in [0, 0.05) is 24.8 Å². The van der Waals surface area contributed by atoms with Crippen LogP contribution in [0.25, 0.3) is 0 Å². The van der Waals surface area contributed by atoms with Crippen LogP contribution in [0.3, 0.4) is 0 Å². The third kappa shape index (κ3) is 4.30. The van der Waals surface area contributed by atoms with Crippen molar-refractivity contribution in [3.05, 3.63) is 18.2 Å². The van der Waals surface area contributed by atoms with Crippen molar-refractivity contribution in [2.45, 2.75) is 42.8 Å². The van der Waals surface area contributed by atoms with E-state index >= 15 is 0 Å². The molecule has 2 N–H and O–H groups in total. The van der Waals surface area contributed by atoms with Gasteiger partial charge >= 0.3 is 0 Å². The van der Waals surface area contributed by atoms with Gasteiger partial charge in [0.05, 0.1) is 17.3 Å². The molecule has 21 heavy (non-hydrogen) atoms. The second-order valence-electron chi connectivity index (χ2n) is 5.41. The third-order valence-corrected chi connectivity index (χ3v) is 4.90. The maximum absolute atomic E-state index is 12.6. The van der Waals surface area contributed by atoms with Crippen LogP contribution in [0.4, 0.5) is 5.69 Å². The number of rotatable bonds is 4. The maximum Gasteiger partial charge on any atom is 0.235 e. The fraction of sp³-hybridized carbons (Fsp3) is 0.562. The third-order valence-electron chi connectivity index (χ3n) is 3.76. The van der Waals surface area contributed by atoms with Gasteiger partial charge < -0.3 is 15.4 Å². The molecule has 1 unspecified atom stereocenters. The minimum Gasteiger partial charge on any atom is -0.496 e. The van der Waals surface area contributed by atoms with Crippen LogP contribution in [-0.2, 0) is 4.79 Å². The second kappa shape index (κ2) is 7.59. The lowest BCUT2D eigenvalue weighted by Crippen LogP contribution is -2.37. The van der Waals surface area contributed by atoms with E-state index in [-0.39, 0.29) is 11.2 Å². The lowest BCUT2D eigenvalue weighted by Gasteiger charge is -2.24. The van der Waals surface area contributed by atoms with Crippen LogP contribution in [-0.4, -0.2) is 36.3 Å². The van der Waals surface area contributed by atoms with Gasteiger partial charge in [0.25, 0.3) is 0 Å². The highest BCUT2D eigenvalue weighted by atomic mass is 32.2. The van der Waals surface area contributed by atoms with Crippen LogP contribution in [0.1, 0.15) is 32.6 Å². The number of carbonyl (C=O) groups excluding carboxylic acids is 1. The highest BCUT2D eigenvalue weighted by Gasteiger charge is 2.23. The van der Waals surface area contributed by atoms with E-state index in [2.05, 4.69) is 0 Å². The quantitative estimate of drug-likeness (QED) is 0.686. The van der Waals surface area contributed by atoms with Crippen LogP contribution < -0.4 is 10.5 Å². The lowest BCUT2D eigenvalue weighted by atomic mass is 10.2. The molecule has 1 atom stereocenters. The van der Waals surface area contributed by atoms with Gasteiger partial charge in [-0.05, 0) is 31.9 Å². The van der Waals surface area contributed by atoms with E-state index in [0.717, 1.165) is 36.6 Å². The number of benzene rings is 1. The summed E-state index contributed by atoms with van der Waals surface area (Å²) < 4.78 is 5.35. The molecule has 1 aromatic carbocycles. The number of methoxy groups -OCH3 is 1. The number of amides is 1. The first kappa shape index (κ1) is 16.0. The number of nitrogen functional groups attached to an aromatic ring is 1. The fourth-order valence-corrected chi connectivity index (χ4v) is 3.61.